The Hall–Kier alpha value is -1.44. The van der Waals surface area contributed by atoms with E-state index >= 15 is 0 Å². The Bertz CT molecular complexity index is 529. The second-order valence-electron chi connectivity index (χ2n) is 4.21. The summed E-state index contributed by atoms with van der Waals surface area (Å²) in [5.74, 6) is -0.159. The van der Waals surface area contributed by atoms with Crippen molar-refractivity contribution in [3.05, 3.63) is 29.8 Å². The number of anilines is 1. The van der Waals surface area contributed by atoms with E-state index in [1.807, 2.05) is 31.2 Å². The molecule has 0 unspecified atom stereocenters. The Morgan fingerprint density at radius 2 is 1.89 bits per heavy atom. The fourth-order valence-electron chi connectivity index (χ4n) is 1.43. The largest absolute Gasteiger partial charge is 0.325 e. The molecule has 1 amide bonds. The van der Waals surface area contributed by atoms with Crippen LogP contribution in [0.2, 0.25) is 0 Å². The maximum Gasteiger partial charge on any atom is 0.238 e. The molecule has 1 aromatic carbocycles. The van der Waals surface area contributed by atoms with Gasteiger partial charge < -0.3 is 10.6 Å². The highest BCUT2D eigenvalue weighted by Gasteiger charge is 2.04. The minimum atomic E-state index is -3.17. The predicted molar refractivity (Wildman–Crippen MR) is 75.5 cm³/mol. The lowest BCUT2D eigenvalue weighted by Gasteiger charge is -2.09. The third-order valence-corrected chi connectivity index (χ3v) is 3.10. The molecule has 0 spiro atoms. The zero-order chi connectivity index (χ0) is 14.3. The number of nitrogens with one attached hydrogen (secondary N) is 3. The summed E-state index contributed by atoms with van der Waals surface area (Å²) in [6.07, 6.45) is 1.10. The van der Waals surface area contributed by atoms with Gasteiger partial charge in [0.25, 0.3) is 0 Å². The van der Waals surface area contributed by atoms with Crippen molar-refractivity contribution in [3.63, 3.8) is 0 Å². The van der Waals surface area contributed by atoms with Crippen molar-refractivity contribution in [1.29, 1.82) is 0 Å². The number of hydrogen-bond acceptors (Lipinski definition) is 4. The molecule has 0 fully saturated rings. The van der Waals surface area contributed by atoms with Crippen LogP contribution in [0, 0.1) is 6.92 Å². The van der Waals surface area contributed by atoms with Gasteiger partial charge in [0, 0.05) is 18.8 Å². The van der Waals surface area contributed by atoms with E-state index < -0.39 is 10.0 Å². The summed E-state index contributed by atoms with van der Waals surface area (Å²) in [6.45, 7) is 2.71. The summed E-state index contributed by atoms with van der Waals surface area (Å²) in [7, 11) is -3.17. The molecule has 0 saturated heterocycles. The van der Waals surface area contributed by atoms with Gasteiger partial charge in [0.2, 0.25) is 15.9 Å². The van der Waals surface area contributed by atoms with E-state index in [9.17, 15) is 13.2 Å². The molecule has 0 atom stereocenters. The summed E-state index contributed by atoms with van der Waals surface area (Å²) in [5.41, 5.74) is 1.78. The molecular weight excluding hydrogens is 266 g/mol. The summed E-state index contributed by atoms with van der Waals surface area (Å²) in [4.78, 5) is 11.6. The van der Waals surface area contributed by atoms with Crippen molar-refractivity contribution >= 4 is 21.6 Å². The van der Waals surface area contributed by atoms with E-state index in [2.05, 4.69) is 15.4 Å². The highest BCUT2D eigenvalue weighted by Crippen LogP contribution is 2.12. The number of rotatable bonds is 7. The Morgan fingerprint density at radius 3 is 2.53 bits per heavy atom. The van der Waals surface area contributed by atoms with Crippen LogP contribution in [-0.2, 0) is 14.8 Å². The first-order chi connectivity index (χ1) is 8.88. The van der Waals surface area contributed by atoms with Crippen molar-refractivity contribution in [2.75, 3.05) is 31.2 Å². The lowest BCUT2D eigenvalue weighted by Crippen LogP contribution is -2.35. The molecule has 0 radical (unpaired) electrons. The van der Waals surface area contributed by atoms with E-state index in [0.29, 0.717) is 6.54 Å². The van der Waals surface area contributed by atoms with Crippen molar-refractivity contribution in [3.8, 4) is 0 Å². The minimum Gasteiger partial charge on any atom is -0.325 e. The molecule has 6 nitrogen and oxygen atoms in total. The van der Waals surface area contributed by atoms with E-state index in [1.54, 1.807) is 0 Å². The molecule has 0 aliphatic rings. The number of aryl methyl sites for hydroxylation is 1. The van der Waals surface area contributed by atoms with Crippen LogP contribution in [-0.4, -0.2) is 40.2 Å². The summed E-state index contributed by atoms with van der Waals surface area (Å²) in [5, 5.41) is 5.64. The maximum atomic E-state index is 11.6. The summed E-state index contributed by atoms with van der Waals surface area (Å²) < 4.78 is 23.9. The third-order valence-electron chi connectivity index (χ3n) is 2.37. The van der Waals surface area contributed by atoms with Crippen molar-refractivity contribution in [1.82, 2.24) is 10.0 Å². The van der Waals surface area contributed by atoms with Crippen LogP contribution in [0.3, 0.4) is 0 Å². The minimum absolute atomic E-state index is 0.139. The van der Waals surface area contributed by atoms with Crippen LogP contribution in [0.15, 0.2) is 24.3 Å². The fraction of sp³-hybridized carbons (Fsp3) is 0.417. The number of carbonyl (C=O) groups excluding carboxylic acids is 1. The Labute approximate surface area is 113 Å². The Morgan fingerprint density at radius 1 is 1.21 bits per heavy atom. The van der Waals surface area contributed by atoms with Gasteiger partial charge in [0.1, 0.15) is 0 Å². The van der Waals surface area contributed by atoms with Gasteiger partial charge in [0.15, 0.2) is 0 Å². The van der Waals surface area contributed by atoms with Crippen LogP contribution in [0.1, 0.15) is 5.56 Å². The molecule has 0 aliphatic heterocycles. The molecule has 1 aromatic rings. The first-order valence-corrected chi connectivity index (χ1v) is 7.78. The van der Waals surface area contributed by atoms with Crippen LogP contribution in [0.5, 0.6) is 0 Å². The van der Waals surface area contributed by atoms with Gasteiger partial charge in [-0.25, -0.2) is 13.1 Å². The Balaban J connectivity index is 2.24. The van der Waals surface area contributed by atoms with Crippen LogP contribution in [0.4, 0.5) is 5.69 Å². The monoisotopic (exact) mass is 285 g/mol. The average molecular weight is 285 g/mol. The van der Waals surface area contributed by atoms with Gasteiger partial charge in [0.05, 0.1) is 12.8 Å². The number of hydrogen-bond donors (Lipinski definition) is 3. The number of para-hydroxylation sites is 1. The standard InChI is InChI=1S/C12H19N3O3S/c1-10-5-3-4-6-11(10)15-12(16)9-13-7-8-14-19(2,17)18/h3-6,13-14H,7-9H2,1-2H3,(H,15,16). The highest BCUT2D eigenvalue weighted by atomic mass is 32.2. The highest BCUT2D eigenvalue weighted by molar-refractivity contribution is 7.88. The predicted octanol–water partition coefficient (Wildman–Crippen LogP) is 0.0723. The zero-order valence-electron chi connectivity index (χ0n) is 11.1. The van der Waals surface area contributed by atoms with Gasteiger partial charge in [-0.1, -0.05) is 18.2 Å². The molecule has 7 heteroatoms. The topological polar surface area (TPSA) is 87.3 Å². The maximum absolute atomic E-state index is 11.6. The average Bonchev–Trinajstić information content (AvgIpc) is 2.30. The van der Waals surface area contributed by atoms with Crippen LogP contribution < -0.4 is 15.4 Å². The lowest BCUT2D eigenvalue weighted by molar-refractivity contribution is -0.115. The molecule has 0 heterocycles. The van der Waals surface area contributed by atoms with Gasteiger partial charge in [-0.3, -0.25) is 4.79 Å². The molecule has 3 N–H and O–H groups in total. The van der Waals surface area contributed by atoms with Crippen molar-refractivity contribution in [2.45, 2.75) is 6.92 Å². The zero-order valence-corrected chi connectivity index (χ0v) is 11.9. The van der Waals surface area contributed by atoms with E-state index in [1.165, 1.54) is 0 Å². The molecule has 1 rings (SSSR count). The van der Waals surface area contributed by atoms with E-state index in [-0.39, 0.29) is 19.0 Å². The van der Waals surface area contributed by atoms with Gasteiger partial charge in [-0.05, 0) is 18.6 Å². The molecule has 0 aromatic heterocycles. The molecule has 19 heavy (non-hydrogen) atoms. The molecule has 0 bridgehead atoms. The second-order valence-corrected chi connectivity index (χ2v) is 6.04. The first kappa shape index (κ1) is 15.6. The van der Waals surface area contributed by atoms with E-state index in [4.69, 9.17) is 0 Å². The van der Waals surface area contributed by atoms with Crippen molar-refractivity contribution in [2.24, 2.45) is 0 Å². The number of carbonyl (C=O) groups is 1. The van der Waals surface area contributed by atoms with Gasteiger partial charge >= 0.3 is 0 Å². The smallest absolute Gasteiger partial charge is 0.238 e. The molecular formula is C12H19N3O3S. The summed E-state index contributed by atoms with van der Waals surface area (Å²) in [6, 6.07) is 7.50. The Kier molecular flexibility index (Phi) is 5.94. The van der Waals surface area contributed by atoms with Crippen LogP contribution >= 0.6 is 0 Å². The lowest BCUT2D eigenvalue weighted by atomic mass is 10.2. The first-order valence-electron chi connectivity index (χ1n) is 5.89. The summed E-state index contributed by atoms with van der Waals surface area (Å²) >= 11 is 0. The van der Waals surface area contributed by atoms with Crippen molar-refractivity contribution < 1.29 is 13.2 Å². The van der Waals surface area contributed by atoms with Crippen LogP contribution in [0.25, 0.3) is 0 Å². The number of benzene rings is 1. The number of sulfonamides is 1. The van der Waals surface area contributed by atoms with Gasteiger partial charge in [-0.2, -0.15) is 0 Å². The normalized spacial score (nSPS) is 11.3. The molecule has 106 valence electrons. The van der Waals surface area contributed by atoms with E-state index in [0.717, 1.165) is 17.5 Å². The second kappa shape index (κ2) is 7.22. The molecule has 0 saturated carbocycles. The number of amides is 1. The third kappa shape index (κ3) is 6.90. The fourth-order valence-corrected chi connectivity index (χ4v) is 1.91. The van der Waals surface area contributed by atoms with Gasteiger partial charge in [-0.15, -0.1) is 0 Å². The quantitative estimate of drug-likeness (QED) is 0.619. The molecule has 0 aliphatic carbocycles. The SMILES string of the molecule is Cc1ccccc1NC(=O)CNCCNS(C)(=O)=O.